The van der Waals surface area contributed by atoms with E-state index in [-0.39, 0.29) is 17.1 Å². The molecule has 4 rings (SSSR count). The first-order chi connectivity index (χ1) is 18.7. The molecule has 1 saturated heterocycles. The third kappa shape index (κ3) is 6.60. The molecule has 0 spiro atoms. The summed E-state index contributed by atoms with van der Waals surface area (Å²) in [6.45, 7) is 3.95. The first-order valence-electron chi connectivity index (χ1n) is 13.4. The van der Waals surface area contributed by atoms with E-state index in [1.54, 1.807) is 37.3 Å². The molecule has 0 bridgehead atoms. The fraction of sp³-hybridized carbons (Fsp3) is 0.375. The predicted octanol–water partition coefficient (Wildman–Crippen LogP) is 5.72. The summed E-state index contributed by atoms with van der Waals surface area (Å²) in [5, 5.41) is 10.1. The van der Waals surface area contributed by atoms with Gasteiger partial charge in [-0.25, -0.2) is 8.78 Å². The molecule has 1 aliphatic rings. The Balaban J connectivity index is 1.80. The van der Waals surface area contributed by atoms with Crippen molar-refractivity contribution >= 4 is 11.6 Å². The number of phenolic OH excluding ortho intramolecular Hbond substituents is 1. The molecule has 0 unspecified atom stereocenters. The topological polar surface area (TPSA) is 60.9 Å². The second-order valence-corrected chi connectivity index (χ2v) is 10.7. The average molecular weight is 535 g/mol. The Morgan fingerprint density at radius 2 is 1.56 bits per heavy atom. The van der Waals surface area contributed by atoms with Crippen molar-refractivity contribution in [1.82, 2.24) is 9.80 Å². The Kier molecular flexibility index (Phi) is 9.25. The molecule has 1 fully saturated rings. The Hall–Kier alpha value is -3.42. The van der Waals surface area contributed by atoms with Crippen LogP contribution in [0.4, 0.5) is 8.78 Å². The number of carbonyl (C=O) groups is 2. The van der Waals surface area contributed by atoms with Crippen LogP contribution in [0.15, 0.2) is 66.7 Å². The van der Waals surface area contributed by atoms with E-state index in [1.165, 1.54) is 36.4 Å². The van der Waals surface area contributed by atoms with Crippen molar-refractivity contribution < 1.29 is 23.5 Å². The zero-order valence-corrected chi connectivity index (χ0v) is 22.7. The number of phenols is 1. The molecule has 5 nitrogen and oxygen atoms in total. The van der Waals surface area contributed by atoms with Crippen molar-refractivity contribution in [3.8, 4) is 5.75 Å². The molecule has 7 heteroatoms. The maximum atomic E-state index is 14.9. The van der Waals surface area contributed by atoms with Gasteiger partial charge in [0, 0.05) is 36.4 Å². The number of aromatic hydroxyl groups is 1. The van der Waals surface area contributed by atoms with E-state index in [0.717, 1.165) is 19.4 Å². The van der Waals surface area contributed by atoms with E-state index in [2.05, 4.69) is 9.80 Å². The highest BCUT2D eigenvalue weighted by Gasteiger charge is 2.45. The highest BCUT2D eigenvalue weighted by atomic mass is 19.1. The number of halogens is 2. The van der Waals surface area contributed by atoms with E-state index >= 15 is 0 Å². The molecular weight excluding hydrogens is 498 g/mol. The Bertz CT molecular complexity index is 1330. The molecule has 0 aromatic heterocycles. The van der Waals surface area contributed by atoms with Crippen LogP contribution in [0, 0.1) is 30.4 Å². The zero-order chi connectivity index (χ0) is 28.1. The first kappa shape index (κ1) is 28.6. The molecule has 0 saturated carbocycles. The highest BCUT2D eigenvalue weighted by molar-refractivity contribution is 6.02. The molecule has 1 N–H and O–H groups in total. The number of piperidine rings is 1. The number of hydrogen-bond donors (Lipinski definition) is 1. The number of rotatable bonds is 10. The molecule has 0 radical (unpaired) electrons. The minimum atomic E-state index is -0.767. The quantitative estimate of drug-likeness (QED) is 0.266. The summed E-state index contributed by atoms with van der Waals surface area (Å²) in [7, 11) is 4.03. The number of carbonyl (C=O) groups excluding carboxylic acids is 2. The second kappa shape index (κ2) is 12.6. The van der Waals surface area contributed by atoms with Gasteiger partial charge >= 0.3 is 0 Å². The lowest BCUT2D eigenvalue weighted by molar-refractivity contribution is 0.0565. The van der Waals surface area contributed by atoms with E-state index in [4.69, 9.17) is 0 Å². The Morgan fingerprint density at radius 1 is 0.897 bits per heavy atom. The molecule has 0 aliphatic carbocycles. The number of unbranched alkanes of at least 4 members (excludes halogenated alkanes) is 1. The van der Waals surface area contributed by atoms with Crippen LogP contribution >= 0.6 is 0 Å². The van der Waals surface area contributed by atoms with Crippen molar-refractivity contribution in [1.29, 1.82) is 0 Å². The summed E-state index contributed by atoms with van der Waals surface area (Å²) in [6.07, 6.45) is 1.82. The lowest BCUT2D eigenvalue weighted by Crippen LogP contribution is -2.51. The SMILES string of the molecule is Cc1c(F)cccc1[C@@H]1[C@@H](C(=O)c2cccc(O)c2)CN(CCCCN(C)C)C[C@H]1C(=O)c1ccccc1F. The van der Waals surface area contributed by atoms with Crippen molar-refractivity contribution in [2.75, 3.05) is 40.3 Å². The van der Waals surface area contributed by atoms with Gasteiger partial charge < -0.3 is 14.9 Å². The van der Waals surface area contributed by atoms with Gasteiger partial charge in [0.05, 0.1) is 5.56 Å². The van der Waals surface area contributed by atoms with Crippen molar-refractivity contribution in [3.63, 3.8) is 0 Å². The number of likely N-dealkylation sites (tertiary alicyclic amines) is 1. The molecule has 1 aliphatic heterocycles. The fourth-order valence-electron chi connectivity index (χ4n) is 5.73. The maximum absolute atomic E-state index is 14.9. The van der Waals surface area contributed by atoms with Crippen LogP contribution in [0.5, 0.6) is 5.75 Å². The minimum absolute atomic E-state index is 0.0282. The molecule has 206 valence electrons. The molecular formula is C32H36F2N2O3. The summed E-state index contributed by atoms with van der Waals surface area (Å²) in [6, 6.07) is 16.8. The normalized spacial score (nSPS) is 19.8. The molecule has 3 aromatic rings. The fourth-order valence-corrected chi connectivity index (χ4v) is 5.73. The van der Waals surface area contributed by atoms with Crippen molar-refractivity contribution in [2.45, 2.75) is 25.7 Å². The van der Waals surface area contributed by atoms with Crippen LogP contribution in [0.1, 0.15) is 50.6 Å². The Morgan fingerprint density at radius 3 is 2.26 bits per heavy atom. The van der Waals surface area contributed by atoms with Crippen LogP contribution in [-0.2, 0) is 0 Å². The number of benzene rings is 3. The maximum Gasteiger partial charge on any atom is 0.170 e. The van der Waals surface area contributed by atoms with Gasteiger partial charge in [0.25, 0.3) is 0 Å². The van der Waals surface area contributed by atoms with Gasteiger partial charge in [0.15, 0.2) is 11.6 Å². The summed E-state index contributed by atoms with van der Waals surface area (Å²) in [4.78, 5) is 32.3. The number of Topliss-reactive ketones (excluding diaryl/α,β-unsaturated/α-hetero) is 2. The Labute approximate surface area is 229 Å². The third-order valence-electron chi connectivity index (χ3n) is 7.72. The van der Waals surface area contributed by atoms with Gasteiger partial charge in [-0.3, -0.25) is 9.59 Å². The van der Waals surface area contributed by atoms with E-state index in [1.807, 2.05) is 14.1 Å². The third-order valence-corrected chi connectivity index (χ3v) is 7.72. The lowest BCUT2D eigenvalue weighted by atomic mass is 9.67. The van der Waals surface area contributed by atoms with Crippen LogP contribution in [0.25, 0.3) is 0 Å². The van der Waals surface area contributed by atoms with E-state index in [0.29, 0.717) is 36.3 Å². The number of hydrogen-bond acceptors (Lipinski definition) is 5. The van der Waals surface area contributed by atoms with Crippen LogP contribution in [0.2, 0.25) is 0 Å². The van der Waals surface area contributed by atoms with Crippen molar-refractivity contribution in [3.05, 3.63) is 101 Å². The van der Waals surface area contributed by atoms with Gasteiger partial charge in [-0.15, -0.1) is 0 Å². The second-order valence-electron chi connectivity index (χ2n) is 10.7. The summed E-state index contributed by atoms with van der Waals surface area (Å²) in [5.74, 6) is -3.82. The van der Waals surface area contributed by atoms with Crippen LogP contribution in [0.3, 0.4) is 0 Å². The number of nitrogens with zero attached hydrogens (tertiary/aromatic N) is 2. The first-order valence-corrected chi connectivity index (χ1v) is 13.4. The standard InChI is InChI=1S/C32H36F2N2O3/c1-21-24(13-9-15-28(21)33)30-26(31(38)22-10-8-11-23(37)18-22)19-36(17-7-6-16-35(2)3)20-27(30)32(39)25-12-4-5-14-29(25)34/h4-5,8-15,18,26-27,30,37H,6-7,16-17,19-20H2,1-3H3/t26-,27+,30+/m0/s1. The zero-order valence-electron chi connectivity index (χ0n) is 22.7. The summed E-state index contributed by atoms with van der Waals surface area (Å²) >= 11 is 0. The minimum Gasteiger partial charge on any atom is -0.508 e. The van der Waals surface area contributed by atoms with Crippen molar-refractivity contribution in [2.24, 2.45) is 11.8 Å². The molecule has 3 aromatic carbocycles. The lowest BCUT2D eigenvalue weighted by Gasteiger charge is -2.43. The van der Waals surface area contributed by atoms with Gasteiger partial charge in [-0.05, 0) is 88.4 Å². The summed E-state index contributed by atoms with van der Waals surface area (Å²) in [5.41, 5.74) is 1.25. The summed E-state index contributed by atoms with van der Waals surface area (Å²) < 4.78 is 29.7. The average Bonchev–Trinajstić information content (AvgIpc) is 2.91. The molecule has 39 heavy (non-hydrogen) atoms. The largest absolute Gasteiger partial charge is 0.508 e. The van der Waals surface area contributed by atoms with Crippen LogP contribution < -0.4 is 0 Å². The molecule has 3 atom stereocenters. The smallest absolute Gasteiger partial charge is 0.170 e. The molecule has 0 amide bonds. The van der Waals surface area contributed by atoms with Gasteiger partial charge in [0.2, 0.25) is 0 Å². The predicted molar refractivity (Wildman–Crippen MR) is 148 cm³/mol. The van der Waals surface area contributed by atoms with Gasteiger partial charge in [-0.2, -0.15) is 0 Å². The van der Waals surface area contributed by atoms with E-state index in [9.17, 15) is 23.5 Å². The van der Waals surface area contributed by atoms with Gasteiger partial charge in [0.1, 0.15) is 17.4 Å². The van der Waals surface area contributed by atoms with Crippen LogP contribution in [-0.4, -0.2) is 66.7 Å². The molecule has 1 heterocycles. The van der Waals surface area contributed by atoms with Gasteiger partial charge in [-0.1, -0.05) is 36.4 Å². The highest BCUT2D eigenvalue weighted by Crippen LogP contribution is 2.42. The number of ketones is 2. The van der Waals surface area contributed by atoms with E-state index < -0.39 is 35.2 Å². The monoisotopic (exact) mass is 534 g/mol.